The van der Waals surface area contributed by atoms with Gasteiger partial charge in [-0.1, -0.05) is 19.4 Å². The minimum Gasteiger partial charge on any atom is -0.406 e. The third-order valence-electron chi connectivity index (χ3n) is 3.15. The zero-order valence-electron chi connectivity index (χ0n) is 13.3. The van der Waals surface area contributed by atoms with Crippen molar-refractivity contribution in [3.8, 4) is 5.75 Å². The van der Waals surface area contributed by atoms with Crippen LogP contribution in [-0.4, -0.2) is 22.1 Å². The van der Waals surface area contributed by atoms with Crippen molar-refractivity contribution in [1.29, 1.82) is 0 Å². The summed E-state index contributed by atoms with van der Waals surface area (Å²) in [5.41, 5.74) is -0.233. The fraction of sp³-hybridized carbons (Fsp3) is 0.312. The number of anilines is 1. The van der Waals surface area contributed by atoms with Gasteiger partial charge in [-0.3, -0.25) is 9.59 Å². The summed E-state index contributed by atoms with van der Waals surface area (Å²) < 4.78 is 41.7. The van der Waals surface area contributed by atoms with Crippen LogP contribution >= 0.6 is 0 Å². The zero-order chi connectivity index (χ0) is 18.4. The van der Waals surface area contributed by atoms with Crippen LogP contribution in [0.2, 0.25) is 0 Å². The van der Waals surface area contributed by atoms with Crippen molar-refractivity contribution in [1.82, 2.24) is 9.78 Å². The Bertz CT molecular complexity index is 803. The number of alkyl halides is 3. The van der Waals surface area contributed by atoms with Crippen LogP contribution in [0.1, 0.15) is 30.3 Å². The highest BCUT2D eigenvalue weighted by Gasteiger charge is 2.31. The Balaban J connectivity index is 2.14. The number of hydrogen-bond acceptors (Lipinski definition) is 4. The number of aromatic nitrogens is 2. The first kappa shape index (κ1) is 18.5. The van der Waals surface area contributed by atoms with Gasteiger partial charge in [0, 0.05) is 24.4 Å². The zero-order valence-corrected chi connectivity index (χ0v) is 13.3. The first-order valence-electron chi connectivity index (χ1n) is 7.54. The molecule has 2 rings (SSSR count). The largest absolute Gasteiger partial charge is 0.573 e. The molecule has 0 fully saturated rings. The van der Waals surface area contributed by atoms with Crippen molar-refractivity contribution >= 4 is 11.6 Å². The molecule has 0 aliphatic heterocycles. The summed E-state index contributed by atoms with van der Waals surface area (Å²) in [5, 5.41) is 6.39. The molecule has 25 heavy (non-hydrogen) atoms. The van der Waals surface area contributed by atoms with E-state index in [1.165, 1.54) is 28.9 Å². The number of amides is 1. The van der Waals surface area contributed by atoms with Gasteiger partial charge in [0.1, 0.15) is 11.4 Å². The quantitative estimate of drug-likeness (QED) is 0.864. The molecule has 1 N–H and O–H groups in total. The SMILES string of the molecule is CCCCn1nc(C(=O)Nc2cccc(OC(F)(F)F)c2)ccc1=O. The van der Waals surface area contributed by atoms with Gasteiger partial charge >= 0.3 is 6.36 Å². The minimum atomic E-state index is -4.82. The molecule has 0 saturated carbocycles. The lowest BCUT2D eigenvalue weighted by atomic mass is 10.3. The van der Waals surface area contributed by atoms with E-state index in [0.29, 0.717) is 6.54 Å². The number of benzene rings is 1. The summed E-state index contributed by atoms with van der Waals surface area (Å²) in [6, 6.07) is 7.36. The van der Waals surface area contributed by atoms with Crippen LogP contribution in [0.25, 0.3) is 0 Å². The second-order valence-corrected chi connectivity index (χ2v) is 5.16. The Hall–Kier alpha value is -2.84. The van der Waals surface area contributed by atoms with Crippen LogP contribution in [0.5, 0.6) is 5.75 Å². The number of carbonyl (C=O) groups is 1. The van der Waals surface area contributed by atoms with E-state index in [0.717, 1.165) is 25.0 Å². The van der Waals surface area contributed by atoms with E-state index in [-0.39, 0.29) is 16.9 Å². The molecule has 1 amide bonds. The van der Waals surface area contributed by atoms with Gasteiger partial charge in [-0.05, 0) is 24.6 Å². The predicted octanol–water partition coefficient (Wildman–Crippen LogP) is 3.19. The molecule has 9 heteroatoms. The maximum Gasteiger partial charge on any atom is 0.573 e. The molecule has 0 aliphatic rings. The van der Waals surface area contributed by atoms with E-state index >= 15 is 0 Å². The van der Waals surface area contributed by atoms with Gasteiger partial charge in [0.15, 0.2) is 0 Å². The molecule has 0 bridgehead atoms. The molecule has 0 spiro atoms. The van der Waals surface area contributed by atoms with Crippen molar-refractivity contribution in [3.05, 3.63) is 52.4 Å². The molecule has 1 heterocycles. The molecule has 6 nitrogen and oxygen atoms in total. The number of ether oxygens (including phenoxy) is 1. The third-order valence-corrected chi connectivity index (χ3v) is 3.15. The Labute approximate surface area is 141 Å². The highest BCUT2D eigenvalue weighted by molar-refractivity contribution is 6.02. The van der Waals surface area contributed by atoms with Crippen molar-refractivity contribution in [2.45, 2.75) is 32.7 Å². The summed E-state index contributed by atoms with van der Waals surface area (Å²) in [6.45, 7) is 2.34. The summed E-state index contributed by atoms with van der Waals surface area (Å²) in [7, 11) is 0. The molecule has 0 saturated heterocycles. The van der Waals surface area contributed by atoms with Crippen LogP contribution in [0, 0.1) is 0 Å². The smallest absolute Gasteiger partial charge is 0.406 e. The molecule has 0 radical (unpaired) electrons. The molecule has 0 atom stereocenters. The molecule has 0 aliphatic carbocycles. The first-order valence-corrected chi connectivity index (χ1v) is 7.54. The van der Waals surface area contributed by atoms with Gasteiger partial charge < -0.3 is 10.1 Å². The third kappa shape index (κ3) is 5.63. The van der Waals surface area contributed by atoms with E-state index in [9.17, 15) is 22.8 Å². The maximum absolute atomic E-state index is 12.2. The topological polar surface area (TPSA) is 73.2 Å². The van der Waals surface area contributed by atoms with Gasteiger partial charge in [-0.15, -0.1) is 13.2 Å². The van der Waals surface area contributed by atoms with Gasteiger partial charge in [-0.25, -0.2) is 4.68 Å². The van der Waals surface area contributed by atoms with Crippen LogP contribution in [-0.2, 0) is 6.54 Å². The van der Waals surface area contributed by atoms with Crippen LogP contribution in [0.15, 0.2) is 41.2 Å². The fourth-order valence-corrected chi connectivity index (χ4v) is 2.00. The highest BCUT2D eigenvalue weighted by Crippen LogP contribution is 2.25. The summed E-state index contributed by atoms with van der Waals surface area (Å²) >= 11 is 0. The monoisotopic (exact) mass is 355 g/mol. The molecular weight excluding hydrogens is 339 g/mol. The Morgan fingerprint density at radius 3 is 2.72 bits per heavy atom. The normalized spacial score (nSPS) is 11.2. The number of hydrogen-bond donors (Lipinski definition) is 1. The van der Waals surface area contributed by atoms with E-state index in [1.54, 1.807) is 0 Å². The van der Waals surface area contributed by atoms with E-state index in [2.05, 4.69) is 15.2 Å². The Morgan fingerprint density at radius 2 is 2.04 bits per heavy atom. The van der Waals surface area contributed by atoms with Gasteiger partial charge in [-0.2, -0.15) is 5.10 Å². The van der Waals surface area contributed by atoms with Crippen LogP contribution < -0.4 is 15.6 Å². The summed E-state index contributed by atoms with van der Waals surface area (Å²) in [6.07, 6.45) is -3.23. The lowest BCUT2D eigenvalue weighted by Crippen LogP contribution is -2.26. The second kappa shape index (κ2) is 7.82. The van der Waals surface area contributed by atoms with Gasteiger partial charge in [0.2, 0.25) is 0 Å². The molecule has 1 aromatic heterocycles. The molecular formula is C16H16F3N3O3. The number of halogens is 3. The average molecular weight is 355 g/mol. The highest BCUT2D eigenvalue weighted by atomic mass is 19.4. The standard InChI is InChI=1S/C16H16F3N3O3/c1-2-3-9-22-14(23)8-7-13(21-22)15(24)20-11-5-4-6-12(10-11)25-16(17,18)19/h4-8,10H,2-3,9H2,1H3,(H,20,24). The van der Waals surface area contributed by atoms with E-state index in [4.69, 9.17) is 0 Å². The second-order valence-electron chi connectivity index (χ2n) is 5.16. The van der Waals surface area contributed by atoms with E-state index < -0.39 is 18.0 Å². The lowest BCUT2D eigenvalue weighted by molar-refractivity contribution is -0.274. The maximum atomic E-state index is 12.2. The lowest BCUT2D eigenvalue weighted by Gasteiger charge is -2.11. The molecule has 2 aromatic rings. The Morgan fingerprint density at radius 1 is 1.28 bits per heavy atom. The number of nitrogens with zero attached hydrogens (tertiary/aromatic N) is 2. The van der Waals surface area contributed by atoms with Gasteiger partial charge in [0.25, 0.3) is 11.5 Å². The summed E-state index contributed by atoms with van der Waals surface area (Å²) in [5.74, 6) is -1.10. The Kier molecular flexibility index (Phi) is 5.79. The molecule has 1 aromatic carbocycles. The number of nitrogens with one attached hydrogen (secondary N) is 1. The van der Waals surface area contributed by atoms with Crippen LogP contribution in [0.4, 0.5) is 18.9 Å². The van der Waals surface area contributed by atoms with Crippen molar-refractivity contribution < 1.29 is 22.7 Å². The van der Waals surface area contributed by atoms with Gasteiger partial charge in [0.05, 0.1) is 0 Å². The fourth-order valence-electron chi connectivity index (χ4n) is 2.00. The molecule has 134 valence electrons. The minimum absolute atomic E-state index is 0.0159. The van der Waals surface area contributed by atoms with Crippen molar-refractivity contribution in [2.75, 3.05) is 5.32 Å². The first-order chi connectivity index (χ1) is 11.8. The van der Waals surface area contributed by atoms with Crippen LogP contribution in [0.3, 0.4) is 0 Å². The van der Waals surface area contributed by atoms with E-state index in [1.807, 2.05) is 6.92 Å². The van der Waals surface area contributed by atoms with Crippen molar-refractivity contribution in [3.63, 3.8) is 0 Å². The van der Waals surface area contributed by atoms with Crippen molar-refractivity contribution in [2.24, 2.45) is 0 Å². The summed E-state index contributed by atoms with van der Waals surface area (Å²) in [4.78, 5) is 23.9. The number of unbranched alkanes of at least 4 members (excludes halogenated alkanes) is 1. The number of rotatable bonds is 6. The number of carbonyl (C=O) groups excluding carboxylic acids is 1. The molecule has 0 unspecified atom stereocenters. The number of aryl methyl sites for hydroxylation is 1. The average Bonchev–Trinajstić information content (AvgIpc) is 2.52. The predicted molar refractivity (Wildman–Crippen MR) is 84.5 cm³/mol.